The van der Waals surface area contributed by atoms with Crippen molar-refractivity contribution in [3.63, 3.8) is 0 Å². The fourth-order valence-corrected chi connectivity index (χ4v) is 4.52. The third-order valence-electron chi connectivity index (χ3n) is 5.92. The molecule has 2 heterocycles. The molecule has 0 spiro atoms. The number of aromatic amines is 1. The van der Waals surface area contributed by atoms with Crippen LogP contribution >= 0.6 is 0 Å². The van der Waals surface area contributed by atoms with Crippen LogP contribution in [0, 0.1) is 6.92 Å². The zero-order valence-corrected chi connectivity index (χ0v) is 14.9. The summed E-state index contributed by atoms with van der Waals surface area (Å²) in [5, 5.41) is 11.3. The van der Waals surface area contributed by atoms with Crippen molar-refractivity contribution in [1.82, 2.24) is 14.8 Å². The van der Waals surface area contributed by atoms with Crippen LogP contribution in [0.3, 0.4) is 0 Å². The number of carbonyl (C=O) groups is 1. The number of aromatic nitrogens is 1. The van der Waals surface area contributed by atoms with Crippen molar-refractivity contribution in [2.45, 2.75) is 44.8 Å². The molecule has 25 heavy (non-hydrogen) atoms. The summed E-state index contributed by atoms with van der Waals surface area (Å²) in [6, 6.07) is 6.49. The van der Waals surface area contributed by atoms with Gasteiger partial charge in [-0.1, -0.05) is 12.1 Å². The molecule has 2 aromatic rings. The van der Waals surface area contributed by atoms with Crippen molar-refractivity contribution in [2.75, 3.05) is 26.2 Å². The van der Waals surface area contributed by atoms with Gasteiger partial charge in [0.2, 0.25) is 5.91 Å². The molecular weight excluding hydrogens is 314 g/mol. The monoisotopic (exact) mass is 341 g/mol. The molecule has 1 aromatic heterocycles. The zero-order chi connectivity index (χ0) is 17.4. The maximum absolute atomic E-state index is 12.8. The molecule has 0 radical (unpaired) electrons. The second kappa shape index (κ2) is 6.81. The van der Waals surface area contributed by atoms with E-state index in [4.69, 9.17) is 0 Å². The van der Waals surface area contributed by atoms with E-state index < -0.39 is 0 Å². The molecule has 134 valence electrons. The third kappa shape index (κ3) is 3.18. The Morgan fingerprint density at radius 1 is 1.24 bits per heavy atom. The van der Waals surface area contributed by atoms with Crippen LogP contribution in [0.4, 0.5) is 0 Å². The first-order valence-electron chi connectivity index (χ1n) is 9.39. The summed E-state index contributed by atoms with van der Waals surface area (Å²) in [6.45, 7) is 5.38. The van der Waals surface area contributed by atoms with E-state index in [1.165, 1.54) is 10.9 Å². The van der Waals surface area contributed by atoms with Crippen molar-refractivity contribution >= 4 is 16.8 Å². The smallest absolute Gasteiger partial charge is 0.227 e. The van der Waals surface area contributed by atoms with E-state index in [9.17, 15) is 9.90 Å². The standard InChI is InChI=1S/C20H27N3O2/c1-14-4-2-5-16-20(14)15(13-21-16)12-19(25)23-10-8-22(9-11-23)17-6-3-7-18(17)24/h2,4-5,13,17-18,21,24H,3,6-12H2,1H3/t17-,18-/m0/s1. The highest BCUT2D eigenvalue weighted by Crippen LogP contribution is 2.26. The number of carbonyl (C=O) groups excluding carboxylic acids is 1. The van der Waals surface area contributed by atoms with Gasteiger partial charge in [0.25, 0.3) is 0 Å². The van der Waals surface area contributed by atoms with Gasteiger partial charge in [-0.2, -0.15) is 0 Å². The molecule has 5 heteroatoms. The molecule has 1 aliphatic carbocycles. The molecule has 1 saturated carbocycles. The number of amides is 1. The van der Waals surface area contributed by atoms with E-state index in [1.54, 1.807) is 0 Å². The number of nitrogens with zero attached hydrogens (tertiary/aromatic N) is 2. The first kappa shape index (κ1) is 16.6. The number of aliphatic hydroxyl groups excluding tert-OH is 1. The molecule has 0 unspecified atom stereocenters. The lowest BCUT2D eigenvalue weighted by atomic mass is 10.0. The Kier molecular flexibility index (Phi) is 4.52. The number of fused-ring (bicyclic) bond motifs is 1. The summed E-state index contributed by atoms with van der Waals surface area (Å²) < 4.78 is 0. The Balaban J connectivity index is 1.39. The SMILES string of the molecule is Cc1cccc2[nH]cc(CC(=O)N3CCN([C@H]4CCC[C@@H]4O)CC3)c12. The van der Waals surface area contributed by atoms with Crippen LogP contribution < -0.4 is 0 Å². The molecule has 2 aliphatic rings. The van der Waals surface area contributed by atoms with Crippen molar-refractivity contribution in [2.24, 2.45) is 0 Å². The number of piperazine rings is 1. The van der Waals surface area contributed by atoms with Crippen LogP contribution in [-0.2, 0) is 11.2 Å². The Morgan fingerprint density at radius 2 is 2.04 bits per heavy atom. The average molecular weight is 341 g/mol. The van der Waals surface area contributed by atoms with Gasteiger partial charge in [-0.25, -0.2) is 0 Å². The van der Waals surface area contributed by atoms with Crippen molar-refractivity contribution in [3.05, 3.63) is 35.5 Å². The lowest BCUT2D eigenvalue weighted by Gasteiger charge is -2.39. The van der Waals surface area contributed by atoms with Crippen LogP contribution in [0.5, 0.6) is 0 Å². The van der Waals surface area contributed by atoms with E-state index in [0.717, 1.165) is 56.5 Å². The predicted molar refractivity (Wildman–Crippen MR) is 98.5 cm³/mol. The van der Waals surface area contributed by atoms with Crippen LogP contribution in [0.15, 0.2) is 24.4 Å². The second-order valence-electron chi connectivity index (χ2n) is 7.47. The van der Waals surface area contributed by atoms with E-state index in [2.05, 4.69) is 28.9 Å². The maximum atomic E-state index is 12.8. The van der Waals surface area contributed by atoms with Crippen LogP contribution in [-0.4, -0.2) is 64.1 Å². The minimum absolute atomic E-state index is 0.184. The van der Waals surface area contributed by atoms with Gasteiger partial charge in [0.15, 0.2) is 0 Å². The maximum Gasteiger partial charge on any atom is 0.227 e. The molecular formula is C20H27N3O2. The minimum Gasteiger partial charge on any atom is -0.391 e. The normalized spacial score (nSPS) is 25.0. The van der Waals surface area contributed by atoms with Crippen LogP contribution in [0.25, 0.3) is 10.9 Å². The summed E-state index contributed by atoms with van der Waals surface area (Å²) >= 11 is 0. The minimum atomic E-state index is -0.184. The van der Waals surface area contributed by atoms with E-state index in [1.807, 2.05) is 17.2 Å². The van der Waals surface area contributed by atoms with Gasteiger partial charge in [0, 0.05) is 49.3 Å². The Hall–Kier alpha value is -1.85. The fraction of sp³-hybridized carbons (Fsp3) is 0.550. The molecule has 4 rings (SSSR count). The van der Waals surface area contributed by atoms with Crippen molar-refractivity contribution < 1.29 is 9.90 Å². The van der Waals surface area contributed by atoms with Crippen molar-refractivity contribution in [1.29, 1.82) is 0 Å². The predicted octanol–water partition coefficient (Wildman–Crippen LogP) is 2.08. The average Bonchev–Trinajstić information content (AvgIpc) is 3.22. The number of H-pyrrole nitrogens is 1. The number of hydrogen-bond donors (Lipinski definition) is 2. The number of aryl methyl sites for hydroxylation is 1. The van der Waals surface area contributed by atoms with Gasteiger partial charge in [-0.3, -0.25) is 9.69 Å². The van der Waals surface area contributed by atoms with Crippen LogP contribution in [0.1, 0.15) is 30.4 Å². The Morgan fingerprint density at radius 3 is 2.76 bits per heavy atom. The van der Waals surface area contributed by atoms with Crippen molar-refractivity contribution in [3.8, 4) is 0 Å². The summed E-state index contributed by atoms with van der Waals surface area (Å²) in [6.07, 6.45) is 5.37. The lowest BCUT2D eigenvalue weighted by Crippen LogP contribution is -2.53. The molecule has 1 aromatic carbocycles. The molecule has 0 bridgehead atoms. The van der Waals surface area contributed by atoms with Gasteiger partial charge in [0.05, 0.1) is 12.5 Å². The van der Waals surface area contributed by atoms with Gasteiger partial charge in [-0.15, -0.1) is 0 Å². The molecule has 2 atom stereocenters. The van der Waals surface area contributed by atoms with Gasteiger partial charge >= 0.3 is 0 Å². The number of rotatable bonds is 3. The third-order valence-corrected chi connectivity index (χ3v) is 5.92. The molecule has 5 nitrogen and oxygen atoms in total. The molecule has 1 saturated heterocycles. The largest absolute Gasteiger partial charge is 0.391 e. The Bertz CT molecular complexity index is 761. The van der Waals surface area contributed by atoms with Gasteiger partial charge in [-0.05, 0) is 43.4 Å². The molecule has 1 aliphatic heterocycles. The second-order valence-corrected chi connectivity index (χ2v) is 7.47. The van der Waals surface area contributed by atoms with E-state index in [0.29, 0.717) is 12.5 Å². The highest BCUT2D eigenvalue weighted by Gasteiger charge is 2.33. The summed E-state index contributed by atoms with van der Waals surface area (Å²) in [7, 11) is 0. The quantitative estimate of drug-likeness (QED) is 0.899. The first-order chi connectivity index (χ1) is 12.1. The van der Waals surface area contributed by atoms with Gasteiger partial charge in [0.1, 0.15) is 0 Å². The summed E-state index contributed by atoms with van der Waals surface area (Å²) in [5.74, 6) is 0.204. The topological polar surface area (TPSA) is 59.6 Å². The van der Waals surface area contributed by atoms with Gasteiger partial charge < -0.3 is 15.0 Å². The molecule has 2 fully saturated rings. The highest BCUT2D eigenvalue weighted by molar-refractivity contribution is 5.91. The number of aliphatic hydroxyl groups is 1. The zero-order valence-electron chi connectivity index (χ0n) is 14.9. The highest BCUT2D eigenvalue weighted by atomic mass is 16.3. The van der Waals surface area contributed by atoms with Crippen LogP contribution in [0.2, 0.25) is 0 Å². The molecule has 1 amide bonds. The van der Waals surface area contributed by atoms with E-state index >= 15 is 0 Å². The number of nitrogens with one attached hydrogen (secondary N) is 1. The number of benzene rings is 1. The molecule has 2 N–H and O–H groups in total. The van der Waals surface area contributed by atoms with E-state index in [-0.39, 0.29) is 12.0 Å². The number of hydrogen-bond acceptors (Lipinski definition) is 3. The Labute approximate surface area is 148 Å². The summed E-state index contributed by atoms with van der Waals surface area (Å²) in [4.78, 5) is 20.4. The first-order valence-corrected chi connectivity index (χ1v) is 9.39. The fourth-order valence-electron chi connectivity index (χ4n) is 4.52. The lowest BCUT2D eigenvalue weighted by molar-refractivity contribution is -0.132. The summed E-state index contributed by atoms with van der Waals surface area (Å²) in [5.41, 5.74) is 3.40.